The predicted octanol–water partition coefficient (Wildman–Crippen LogP) is 3.71. The lowest BCUT2D eigenvalue weighted by molar-refractivity contribution is 0.619. The lowest BCUT2D eigenvalue weighted by Gasteiger charge is -2.08. The number of imidazole rings is 1. The topological polar surface area (TPSA) is 43.8 Å². The molecule has 1 heterocycles. The monoisotopic (exact) mass is 275 g/mol. The van der Waals surface area contributed by atoms with Crippen LogP contribution in [0.25, 0.3) is 16.7 Å². The minimum atomic E-state index is -0.332. The summed E-state index contributed by atoms with van der Waals surface area (Å²) in [5.41, 5.74) is 8.49. The maximum Gasteiger partial charge on any atom is 0.206 e. The van der Waals surface area contributed by atoms with E-state index < -0.39 is 0 Å². The van der Waals surface area contributed by atoms with E-state index >= 15 is 0 Å². The highest BCUT2D eigenvalue weighted by Gasteiger charge is 2.13. The van der Waals surface area contributed by atoms with Gasteiger partial charge in [0.1, 0.15) is 5.82 Å². The van der Waals surface area contributed by atoms with E-state index in [4.69, 9.17) is 17.3 Å². The molecule has 1 aromatic heterocycles. The second-order valence-corrected chi connectivity index (χ2v) is 4.83. The Morgan fingerprint density at radius 1 is 1.21 bits per heavy atom. The summed E-state index contributed by atoms with van der Waals surface area (Å²) in [7, 11) is 0. The van der Waals surface area contributed by atoms with Crippen molar-refractivity contribution in [2.24, 2.45) is 0 Å². The number of fused-ring (bicyclic) bond motifs is 1. The summed E-state index contributed by atoms with van der Waals surface area (Å²) in [5.74, 6) is -0.0963. The predicted molar refractivity (Wildman–Crippen MR) is 75.2 cm³/mol. The number of halogens is 2. The van der Waals surface area contributed by atoms with E-state index in [0.717, 1.165) is 11.1 Å². The molecular weight excluding hydrogens is 265 g/mol. The van der Waals surface area contributed by atoms with Crippen molar-refractivity contribution >= 4 is 28.6 Å². The number of nitrogens with zero attached hydrogens (tertiary/aromatic N) is 2. The van der Waals surface area contributed by atoms with Crippen LogP contribution in [0.2, 0.25) is 5.02 Å². The molecule has 0 aliphatic carbocycles. The molecule has 2 N–H and O–H groups in total. The number of rotatable bonds is 1. The summed E-state index contributed by atoms with van der Waals surface area (Å²) in [4.78, 5) is 4.20. The number of hydrogen-bond acceptors (Lipinski definition) is 2. The molecule has 0 aliphatic rings. The summed E-state index contributed by atoms with van der Waals surface area (Å²) < 4.78 is 15.7. The first kappa shape index (κ1) is 12.0. The first-order chi connectivity index (χ1) is 9.06. The van der Waals surface area contributed by atoms with Crippen LogP contribution in [0.1, 0.15) is 5.56 Å². The molecule has 2 aromatic carbocycles. The zero-order chi connectivity index (χ0) is 13.6. The fraction of sp³-hybridized carbons (Fsp3) is 0.0714. The molecule has 5 heteroatoms. The van der Waals surface area contributed by atoms with Crippen molar-refractivity contribution < 1.29 is 4.39 Å². The minimum absolute atomic E-state index is 0.236. The molecule has 3 nitrogen and oxygen atoms in total. The van der Waals surface area contributed by atoms with Gasteiger partial charge in [-0.2, -0.15) is 0 Å². The first-order valence-electron chi connectivity index (χ1n) is 5.76. The van der Waals surface area contributed by atoms with E-state index in [1.807, 2.05) is 13.0 Å². The molecule has 3 aromatic rings. The summed E-state index contributed by atoms with van der Waals surface area (Å²) in [6.45, 7) is 1.84. The zero-order valence-electron chi connectivity index (χ0n) is 10.2. The molecule has 0 unspecified atom stereocenters. The smallest absolute Gasteiger partial charge is 0.206 e. The lowest BCUT2D eigenvalue weighted by atomic mass is 10.2. The van der Waals surface area contributed by atoms with Gasteiger partial charge >= 0.3 is 0 Å². The summed E-state index contributed by atoms with van der Waals surface area (Å²) in [5, 5.41) is 0.571. The summed E-state index contributed by atoms with van der Waals surface area (Å²) >= 11 is 5.91. The van der Waals surface area contributed by atoms with Crippen LogP contribution < -0.4 is 5.73 Å². The fourth-order valence-corrected chi connectivity index (χ4v) is 2.28. The first-order valence-corrected chi connectivity index (χ1v) is 6.14. The average molecular weight is 276 g/mol. The van der Waals surface area contributed by atoms with E-state index in [-0.39, 0.29) is 11.8 Å². The van der Waals surface area contributed by atoms with E-state index in [2.05, 4.69) is 4.98 Å². The normalized spacial score (nSPS) is 11.1. The molecule has 0 radical (unpaired) electrons. The van der Waals surface area contributed by atoms with Crippen molar-refractivity contribution in [1.29, 1.82) is 0 Å². The van der Waals surface area contributed by atoms with Crippen molar-refractivity contribution in [2.45, 2.75) is 6.92 Å². The molecule has 0 atom stereocenters. The molecule has 0 fully saturated rings. The number of benzene rings is 2. The van der Waals surface area contributed by atoms with Crippen molar-refractivity contribution in [3.05, 3.63) is 52.8 Å². The van der Waals surface area contributed by atoms with Crippen LogP contribution in [-0.2, 0) is 0 Å². The van der Waals surface area contributed by atoms with Crippen LogP contribution in [0.4, 0.5) is 10.3 Å². The van der Waals surface area contributed by atoms with Gasteiger partial charge < -0.3 is 5.73 Å². The molecule has 0 saturated heterocycles. The second kappa shape index (κ2) is 4.24. The molecule has 0 saturated carbocycles. The highest BCUT2D eigenvalue weighted by molar-refractivity contribution is 6.31. The van der Waals surface area contributed by atoms with E-state index in [9.17, 15) is 4.39 Å². The van der Waals surface area contributed by atoms with E-state index in [1.165, 1.54) is 6.07 Å². The molecular formula is C14H11ClFN3. The molecule has 19 heavy (non-hydrogen) atoms. The number of hydrogen-bond donors (Lipinski definition) is 1. The average Bonchev–Trinajstić information content (AvgIpc) is 2.65. The quantitative estimate of drug-likeness (QED) is 0.736. The van der Waals surface area contributed by atoms with Crippen LogP contribution in [0, 0.1) is 12.7 Å². The van der Waals surface area contributed by atoms with Gasteiger partial charge in [-0.3, -0.25) is 4.57 Å². The van der Waals surface area contributed by atoms with Crippen molar-refractivity contribution in [2.75, 3.05) is 5.73 Å². The number of anilines is 1. The van der Waals surface area contributed by atoms with Crippen molar-refractivity contribution in [3.8, 4) is 5.69 Å². The van der Waals surface area contributed by atoms with Crippen LogP contribution >= 0.6 is 11.6 Å². The van der Waals surface area contributed by atoms with Gasteiger partial charge in [0.2, 0.25) is 5.95 Å². The van der Waals surface area contributed by atoms with Gasteiger partial charge in [-0.15, -0.1) is 0 Å². The third kappa shape index (κ3) is 1.94. The Balaban J connectivity index is 2.33. The Labute approximate surface area is 114 Å². The molecule has 0 aliphatic heterocycles. The van der Waals surface area contributed by atoms with Gasteiger partial charge in [0, 0.05) is 5.02 Å². The van der Waals surface area contributed by atoms with Gasteiger partial charge in [0.15, 0.2) is 0 Å². The Hall–Kier alpha value is -2.07. The molecule has 0 spiro atoms. The highest BCUT2D eigenvalue weighted by atomic mass is 35.5. The van der Waals surface area contributed by atoms with Crippen molar-refractivity contribution in [3.63, 3.8) is 0 Å². The Bertz CT molecular complexity index is 780. The van der Waals surface area contributed by atoms with Crippen molar-refractivity contribution in [1.82, 2.24) is 9.55 Å². The Morgan fingerprint density at radius 3 is 2.74 bits per heavy atom. The third-order valence-corrected chi connectivity index (χ3v) is 3.22. The molecule has 3 rings (SSSR count). The SMILES string of the molecule is Cc1ccc(-n2c(N)nc3cc(Cl)ccc32)c(F)c1. The fourth-order valence-electron chi connectivity index (χ4n) is 2.12. The third-order valence-electron chi connectivity index (χ3n) is 2.99. The summed E-state index contributed by atoms with van der Waals surface area (Å²) in [6, 6.07) is 10.2. The van der Waals surface area contributed by atoms with Crippen LogP contribution in [0.15, 0.2) is 36.4 Å². The lowest BCUT2D eigenvalue weighted by Crippen LogP contribution is -2.03. The number of aromatic nitrogens is 2. The largest absolute Gasteiger partial charge is 0.369 e. The Morgan fingerprint density at radius 2 is 2.00 bits per heavy atom. The maximum absolute atomic E-state index is 14.1. The van der Waals surface area contributed by atoms with Crippen LogP contribution in [0.3, 0.4) is 0 Å². The second-order valence-electron chi connectivity index (χ2n) is 4.39. The van der Waals surface area contributed by atoms with E-state index in [1.54, 1.807) is 28.8 Å². The standard InChI is InChI=1S/C14H11ClFN3/c1-8-2-4-12(10(16)6-8)19-13-5-3-9(15)7-11(13)18-14(19)17/h2-7H,1H3,(H2,17,18). The summed E-state index contributed by atoms with van der Waals surface area (Å²) in [6.07, 6.45) is 0. The highest BCUT2D eigenvalue weighted by Crippen LogP contribution is 2.27. The minimum Gasteiger partial charge on any atom is -0.369 e. The number of nitrogens with two attached hydrogens (primary N) is 1. The van der Waals surface area contributed by atoms with Gasteiger partial charge in [-0.1, -0.05) is 17.7 Å². The van der Waals surface area contributed by atoms with Crippen LogP contribution in [-0.4, -0.2) is 9.55 Å². The van der Waals surface area contributed by atoms with Crippen LogP contribution in [0.5, 0.6) is 0 Å². The molecule has 96 valence electrons. The Kier molecular flexibility index (Phi) is 2.68. The van der Waals surface area contributed by atoms with E-state index in [0.29, 0.717) is 16.2 Å². The van der Waals surface area contributed by atoms with Gasteiger partial charge in [0.25, 0.3) is 0 Å². The number of nitrogen functional groups attached to an aromatic ring is 1. The maximum atomic E-state index is 14.1. The van der Waals surface area contributed by atoms with Gasteiger partial charge in [-0.05, 0) is 42.8 Å². The molecule has 0 bridgehead atoms. The number of aryl methyl sites for hydroxylation is 1. The van der Waals surface area contributed by atoms with Gasteiger partial charge in [0.05, 0.1) is 16.7 Å². The van der Waals surface area contributed by atoms with Gasteiger partial charge in [-0.25, -0.2) is 9.37 Å². The zero-order valence-corrected chi connectivity index (χ0v) is 10.9. The molecule has 0 amide bonds.